The molecule has 1 nitrogen and oxygen atoms in total. The largest absolute Gasteiger partial charge is 0.398 e. The summed E-state index contributed by atoms with van der Waals surface area (Å²) in [6.45, 7) is 2.14. The van der Waals surface area contributed by atoms with Gasteiger partial charge in [-0.05, 0) is 24.1 Å². The molecule has 0 aliphatic carbocycles. The van der Waals surface area contributed by atoms with Crippen LogP contribution in [-0.2, 0) is 6.42 Å². The summed E-state index contributed by atoms with van der Waals surface area (Å²) >= 11 is 6.12. The van der Waals surface area contributed by atoms with Crippen LogP contribution in [0.25, 0.3) is 10.1 Å². The van der Waals surface area contributed by atoms with Gasteiger partial charge in [0.2, 0.25) is 0 Å². The first-order chi connectivity index (χ1) is 6.22. The van der Waals surface area contributed by atoms with Crippen LogP contribution in [-0.4, -0.2) is 0 Å². The number of fused-ring (bicyclic) bond motifs is 1. The van der Waals surface area contributed by atoms with Crippen LogP contribution >= 0.6 is 24.0 Å². The summed E-state index contributed by atoms with van der Waals surface area (Å²) in [4.78, 5) is 1.04. The van der Waals surface area contributed by atoms with Crippen molar-refractivity contribution in [2.75, 3.05) is 5.73 Å². The number of rotatable bonds is 1. The lowest BCUT2D eigenvalue weighted by Gasteiger charge is -2.02. The van der Waals surface area contributed by atoms with E-state index in [9.17, 15) is 0 Å². The smallest absolute Gasteiger partial charge is 0.0503 e. The molecule has 3 heteroatoms. The predicted octanol–water partition coefficient (Wildman–Crippen LogP) is 3.33. The van der Waals surface area contributed by atoms with E-state index in [-0.39, 0.29) is 0 Å². The number of thiol groups is 1. The summed E-state index contributed by atoms with van der Waals surface area (Å²) < 4.78 is 1.26. The van der Waals surface area contributed by atoms with Gasteiger partial charge in [0, 0.05) is 20.4 Å². The molecule has 0 bridgehead atoms. The molecular weight excluding hydrogens is 198 g/mol. The van der Waals surface area contributed by atoms with E-state index >= 15 is 0 Å². The topological polar surface area (TPSA) is 26.0 Å². The van der Waals surface area contributed by atoms with Gasteiger partial charge >= 0.3 is 0 Å². The van der Waals surface area contributed by atoms with E-state index in [4.69, 9.17) is 5.73 Å². The fourth-order valence-corrected chi connectivity index (χ4v) is 2.65. The van der Waals surface area contributed by atoms with Crippen molar-refractivity contribution in [3.05, 3.63) is 23.1 Å². The Balaban J connectivity index is 2.76. The zero-order chi connectivity index (χ0) is 9.42. The molecule has 0 fully saturated rings. The van der Waals surface area contributed by atoms with Gasteiger partial charge in [-0.1, -0.05) is 6.92 Å². The normalized spacial score (nSPS) is 10.9. The monoisotopic (exact) mass is 209 g/mol. The van der Waals surface area contributed by atoms with Gasteiger partial charge in [-0.2, -0.15) is 0 Å². The van der Waals surface area contributed by atoms with Crippen molar-refractivity contribution in [1.29, 1.82) is 0 Å². The second-order valence-corrected chi connectivity index (χ2v) is 4.41. The van der Waals surface area contributed by atoms with E-state index in [1.54, 1.807) is 11.3 Å². The van der Waals surface area contributed by atoms with Gasteiger partial charge in [-0.3, -0.25) is 0 Å². The van der Waals surface area contributed by atoms with Crippen LogP contribution in [0.15, 0.2) is 22.4 Å². The number of hydrogen-bond donors (Lipinski definition) is 2. The van der Waals surface area contributed by atoms with E-state index in [1.165, 1.54) is 10.3 Å². The molecule has 0 atom stereocenters. The lowest BCUT2D eigenvalue weighted by atomic mass is 10.1. The van der Waals surface area contributed by atoms with Crippen LogP contribution in [0, 0.1) is 0 Å². The first-order valence-electron chi connectivity index (χ1n) is 4.21. The average Bonchev–Trinajstić information content (AvgIpc) is 2.47. The summed E-state index contributed by atoms with van der Waals surface area (Å²) in [5, 5.41) is 3.12. The lowest BCUT2D eigenvalue weighted by molar-refractivity contribution is 1.09. The van der Waals surface area contributed by atoms with E-state index in [0.717, 1.165) is 22.4 Å². The second-order valence-electron chi connectivity index (χ2n) is 3.02. The maximum absolute atomic E-state index is 5.81. The van der Waals surface area contributed by atoms with Crippen molar-refractivity contribution in [2.24, 2.45) is 0 Å². The molecule has 1 heterocycles. The highest BCUT2D eigenvalue weighted by atomic mass is 32.1. The van der Waals surface area contributed by atoms with Crippen molar-refractivity contribution in [3.63, 3.8) is 0 Å². The molecule has 0 unspecified atom stereocenters. The molecule has 1 aromatic heterocycles. The van der Waals surface area contributed by atoms with Crippen molar-refractivity contribution in [1.82, 2.24) is 0 Å². The average molecular weight is 209 g/mol. The molecule has 1 aromatic carbocycles. The number of anilines is 1. The van der Waals surface area contributed by atoms with Gasteiger partial charge in [0.05, 0.1) is 5.69 Å². The minimum absolute atomic E-state index is 0.859. The minimum Gasteiger partial charge on any atom is -0.398 e. The van der Waals surface area contributed by atoms with Crippen LogP contribution in [0.1, 0.15) is 12.5 Å². The van der Waals surface area contributed by atoms with Crippen molar-refractivity contribution in [3.8, 4) is 0 Å². The Bertz CT molecular complexity index is 445. The first-order valence-corrected chi connectivity index (χ1v) is 5.53. The molecular formula is C10H11NS2. The minimum atomic E-state index is 0.859. The van der Waals surface area contributed by atoms with E-state index in [0.29, 0.717) is 0 Å². The highest BCUT2D eigenvalue weighted by Crippen LogP contribution is 2.32. The summed E-state index contributed by atoms with van der Waals surface area (Å²) in [6.07, 6.45) is 1.02. The van der Waals surface area contributed by atoms with Crippen LogP contribution in [0.5, 0.6) is 0 Å². The Morgan fingerprint density at radius 1 is 1.46 bits per heavy atom. The Morgan fingerprint density at radius 3 is 2.92 bits per heavy atom. The number of aryl methyl sites for hydroxylation is 1. The maximum Gasteiger partial charge on any atom is 0.0503 e. The maximum atomic E-state index is 5.81. The van der Waals surface area contributed by atoms with Crippen molar-refractivity contribution in [2.45, 2.75) is 18.2 Å². The van der Waals surface area contributed by atoms with Crippen LogP contribution in [0.3, 0.4) is 0 Å². The van der Waals surface area contributed by atoms with Gasteiger partial charge in [0.15, 0.2) is 0 Å². The quantitative estimate of drug-likeness (QED) is 0.692. The third kappa shape index (κ3) is 1.42. The third-order valence-corrected chi connectivity index (χ3v) is 3.57. The van der Waals surface area contributed by atoms with Gasteiger partial charge in [-0.25, -0.2) is 0 Å². The van der Waals surface area contributed by atoms with Gasteiger partial charge in [-0.15, -0.1) is 24.0 Å². The standard InChI is InChI=1S/C10H11NS2/c1-2-6-3-10-7(4-9(6)12)8(11)5-13-10/h3-5,12H,2,11H2,1H3. The Hall–Kier alpha value is -0.670. The van der Waals surface area contributed by atoms with Gasteiger partial charge in [0.1, 0.15) is 0 Å². The Morgan fingerprint density at radius 2 is 2.23 bits per heavy atom. The molecule has 0 amide bonds. The molecule has 0 saturated heterocycles. The lowest BCUT2D eigenvalue weighted by Crippen LogP contribution is -1.84. The molecule has 0 spiro atoms. The van der Waals surface area contributed by atoms with Crippen LogP contribution in [0.4, 0.5) is 5.69 Å². The third-order valence-electron chi connectivity index (χ3n) is 2.19. The Labute approximate surface area is 87.0 Å². The van der Waals surface area contributed by atoms with E-state index in [2.05, 4.69) is 31.7 Å². The van der Waals surface area contributed by atoms with Crippen molar-refractivity contribution >= 4 is 39.7 Å². The zero-order valence-corrected chi connectivity index (χ0v) is 9.08. The molecule has 13 heavy (non-hydrogen) atoms. The molecule has 2 N–H and O–H groups in total. The van der Waals surface area contributed by atoms with Gasteiger partial charge < -0.3 is 5.73 Å². The summed E-state index contributed by atoms with van der Waals surface area (Å²) in [5.41, 5.74) is 7.96. The van der Waals surface area contributed by atoms with Crippen LogP contribution in [0.2, 0.25) is 0 Å². The van der Waals surface area contributed by atoms with E-state index < -0.39 is 0 Å². The highest BCUT2D eigenvalue weighted by molar-refractivity contribution is 7.80. The first kappa shape index (κ1) is 8.91. The number of thiophene rings is 1. The molecule has 2 rings (SSSR count). The number of hydrogen-bond acceptors (Lipinski definition) is 3. The molecule has 0 aliphatic heterocycles. The van der Waals surface area contributed by atoms with Crippen LogP contribution < -0.4 is 5.73 Å². The number of nitrogens with two attached hydrogens (primary N) is 1. The summed E-state index contributed by atoms with van der Waals surface area (Å²) in [7, 11) is 0. The fourth-order valence-electron chi connectivity index (χ4n) is 1.41. The molecule has 0 aliphatic rings. The molecule has 0 radical (unpaired) electrons. The van der Waals surface area contributed by atoms with Gasteiger partial charge in [0.25, 0.3) is 0 Å². The van der Waals surface area contributed by atoms with Crippen molar-refractivity contribution < 1.29 is 0 Å². The second kappa shape index (κ2) is 3.24. The highest BCUT2D eigenvalue weighted by Gasteiger charge is 2.04. The number of benzene rings is 1. The number of nitrogen functional groups attached to an aromatic ring is 1. The molecule has 0 saturated carbocycles. The predicted molar refractivity (Wildman–Crippen MR) is 62.9 cm³/mol. The fraction of sp³-hybridized carbons (Fsp3) is 0.200. The molecule has 68 valence electrons. The zero-order valence-electron chi connectivity index (χ0n) is 7.37. The molecule has 2 aromatic rings. The Kier molecular flexibility index (Phi) is 2.22. The summed E-state index contributed by atoms with van der Waals surface area (Å²) in [6, 6.07) is 4.24. The summed E-state index contributed by atoms with van der Waals surface area (Å²) in [5.74, 6) is 0. The SMILES string of the molecule is CCc1cc2scc(N)c2cc1S. The van der Waals surface area contributed by atoms with E-state index in [1.807, 2.05) is 5.38 Å².